The molecule has 0 spiro atoms. The summed E-state index contributed by atoms with van der Waals surface area (Å²) in [4.78, 5) is 15.7. The van der Waals surface area contributed by atoms with Crippen molar-refractivity contribution in [1.82, 2.24) is 4.98 Å². The van der Waals surface area contributed by atoms with Gasteiger partial charge in [0.25, 0.3) is 0 Å². The van der Waals surface area contributed by atoms with E-state index in [0.29, 0.717) is 6.42 Å². The number of hydrogen-bond donors (Lipinski definition) is 1. The quantitative estimate of drug-likeness (QED) is 0.919. The predicted molar refractivity (Wildman–Crippen MR) is 72.1 cm³/mol. The van der Waals surface area contributed by atoms with Crippen LogP contribution in [0, 0.1) is 13.8 Å². The Morgan fingerprint density at radius 1 is 1.33 bits per heavy atom. The van der Waals surface area contributed by atoms with Crippen LogP contribution in [0.4, 0.5) is 0 Å². The Kier molecular flexibility index (Phi) is 3.77. The molecule has 1 aromatic carbocycles. The molecule has 0 saturated carbocycles. The monoisotopic (exact) mass is 261 g/mol. The molecule has 1 N–H and O–H groups in total. The van der Waals surface area contributed by atoms with Gasteiger partial charge in [-0.15, -0.1) is 11.3 Å². The topological polar surface area (TPSA) is 50.2 Å². The second kappa shape index (κ2) is 5.31. The molecule has 1 aromatic heterocycles. The molecular formula is C14H15NO2S. The van der Waals surface area contributed by atoms with Gasteiger partial charge in [-0.05, 0) is 19.4 Å². The van der Waals surface area contributed by atoms with Gasteiger partial charge in [-0.25, -0.2) is 4.98 Å². The molecule has 0 aliphatic rings. The van der Waals surface area contributed by atoms with Crippen LogP contribution in [0.1, 0.15) is 27.7 Å². The molecule has 0 aliphatic carbocycles. The van der Waals surface area contributed by atoms with Gasteiger partial charge in [0.1, 0.15) is 0 Å². The Morgan fingerprint density at radius 3 is 2.50 bits per heavy atom. The van der Waals surface area contributed by atoms with E-state index in [0.717, 1.165) is 21.8 Å². The number of carbonyl (C=O) groups is 1. The van der Waals surface area contributed by atoms with Gasteiger partial charge >= 0.3 is 5.97 Å². The lowest BCUT2D eigenvalue weighted by atomic mass is 9.94. The Bertz CT molecular complexity index is 545. The van der Waals surface area contributed by atoms with E-state index in [1.54, 1.807) is 11.3 Å². The van der Waals surface area contributed by atoms with E-state index < -0.39 is 11.9 Å². The third kappa shape index (κ3) is 2.96. The number of aliphatic carboxylic acids is 1. The van der Waals surface area contributed by atoms with Gasteiger partial charge in [-0.2, -0.15) is 0 Å². The van der Waals surface area contributed by atoms with Crippen LogP contribution in [0.2, 0.25) is 0 Å². The molecule has 18 heavy (non-hydrogen) atoms. The Morgan fingerprint density at radius 2 is 2.00 bits per heavy atom. The number of hydrogen-bond acceptors (Lipinski definition) is 3. The minimum atomic E-state index is -0.801. The first kappa shape index (κ1) is 12.8. The van der Waals surface area contributed by atoms with Crippen LogP contribution in [0.25, 0.3) is 0 Å². The van der Waals surface area contributed by atoms with E-state index in [1.165, 1.54) is 0 Å². The number of nitrogens with zero attached hydrogens (tertiary/aromatic N) is 1. The molecule has 2 rings (SSSR count). The zero-order valence-electron chi connectivity index (χ0n) is 10.4. The standard InChI is InChI=1S/C14H15NO2S/c1-9-3-5-11(6-4-9)13(14(16)17)7-12-8-18-10(2)15-12/h3-6,8,13H,7H2,1-2H3,(H,16,17). The minimum Gasteiger partial charge on any atom is -0.481 e. The first-order chi connectivity index (χ1) is 8.56. The number of thiazole rings is 1. The SMILES string of the molecule is Cc1ccc(C(Cc2csc(C)n2)C(=O)O)cc1. The van der Waals surface area contributed by atoms with E-state index in [2.05, 4.69) is 4.98 Å². The molecule has 3 nitrogen and oxygen atoms in total. The molecule has 1 unspecified atom stereocenters. The largest absolute Gasteiger partial charge is 0.481 e. The van der Waals surface area contributed by atoms with Crippen molar-refractivity contribution in [3.63, 3.8) is 0 Å². The number of aryl methyl sites for hydroxylation is 2. The molecule has 1 atom stereocenters. The maximum Gasteiger partial charge on any atom is 0.311 e. The summed E-state index contributed by atoms with van der Waals surface area (Å²) in [6.07, 6.45) is 0.447. The van der Waals surface area contributed by atoms with E-state index >= 15 is 0 Å². The molecule has 0 amide bonds. The lowest BCUT2D eigenvalue weighted by molar-refractivity contribution is -0.138. The highest BCUT2D eigenvalue weighted by Gasteiger charge is 2.21. The summed E-state index contributed by atoms with van der Waals surface area (Å²) in [5.74, 6) is -1.32. The first-order valence-electron chi connectivity index (χ1n) is 5.76. The van der Waals surface area contributed by atoms with Gasteiger partial charge in [0, 0.05) is 11.8 Å². The average Bonchev–Trinajstić information content (AvgIpc) is 2.73. The van der Waals surface area contributed by atoms with Crippen molar-refractivity contribution < 1.29 is 9.90 Å². The first-order valence-corrected chi connectivity index (χ1v) is 6.64. The summed E-state index contributed by atoms with van der Waals surface area (Å²) in [6, 6.07) is 7.65. The van der Waals surface area contributed by atoms with Crippen LogP contribution in [0.3, 0.4) is 0 Å². The molecule has 2 aromatic rings. The smallest absolute Gasteiger partial charge is 0.311 e. The Labute approximate surface area is 110 Å². The van der Waals surface area contributed by atoms with E-state index in [4.69, 9.17) is 0 Å². The van der Waals surface area contributed by atoms with Gasteiger partial charge in [-0.1, -0.05) is 29.8 Å². The molecule has 0 saturated heterocycles. The van der Waals surface area contributed by atoms with Gasteiger partial charge in [0.05, 0.1) is 16.6 Å². The third-order valence-electron chi connectivity index (χ3n) is 2.86. The van der Waals surface area contributed by atoms with Crippen LogP contribution in [-0.2, 0) is 11.2 Å². The van der Waals surface area contributed by atoms with Crippen LogP contribution in [0.5, 0.6) is 0 Å². The summed E-state index contributed by atoms with van der Waals surface area (Å²) in [6.45, 7) is 3.92. The maximum atomic E-state index is 11.4. The number of aromatic nitrogens is 1. The van der Waals surface area contributed by atoms with Crippen LogP contribution < -0.4 is 0 Å². The maximum absolute atomic E-state index is 11.4. The average molecular weight is 261 g/mol. The van der Waals surface area contributed by atoms with Crippen molar-refractivity contribution in [2.75, 3.05) is 0 Å². The summed E-state index contributed by atoms with van der Waals surface area (Å²) in [5, 5.41) is 12.2. The van der Waals surface area contributed by atoms with Gasteiger partial charge in [0.15, 0.2) is 0 Å². The van der Waals surface area contributed by atoms with E-state index in [-0.39, 0.29) is 0 Å². The fourth-order valence-corrected chi connectivity index (χ4v) is 2.48. The van der Waals surface area contributed by atoms with E-state index in [1.807, 2.05) is 43.5 Å². The van der Waals surface area contributed by atoms with Crippen molar-refractivity contribution in [1.29, 1.82) is 0 Å². The summed E-state index contributed by atoms with van der Waals surface area (Å²) in [7, 11) is 0. The predicted octanol–water partition coefficient (Wildman–Crippen LogP) is 3.17. The number of benzene rings is 1. The van der Waals surface area contributed by atoms with Gasteiger partial charge < -0.3 is 5.11 Å². The highest BCUT2D eigenvalue weighted by Crippen LogP contribution is 2.22. The molecule has 0 aliphatic heterocycles. The fraction of sp³-hybridized carbons (Fsp3) is 0.286. The molecule has 0 radical (unpaired) electrons. The Balaban J connectivity index is 2.23. The fourth-order valence-electron chi connectivity index (χ4n) is 1.86. The second-order valence-corrected chi connectivity index (χ2v) is 5.43. The van der Waals surface area contributed by atoms with Crippen molar-refractivity contribution >= 4 is 17.3 Å². The van der Waals surface area contributed by atoms with E-state index in [9.17, 15) is 9.90 Å². The summed E-state index contributed by atoms with van der Waals surface area (Å²) < 4.78 is 0. The third-order valence-corrected chi connectivity index (χ3v) is 3.68. The van der Waals surface area contributed by atoms with Crippen molar-refractivity contribution in [3.05, 3.63) is 51.5 Å². The van der Waals surface area contributed by atoms with Gasteiger partial charge in [0.2, 0.25) is 0 Å². The van der Waals surface area contributed by atoms with Crippen LogP contribution >= 0.6 is 11.3 Å². The number of rotatable bonds is 4. The highest BCUT2D eigenvalue weighted by atomic mass is 32.1. The van der Waals surface area contributed by atoms with Crippen LogP contribution in [-0.4, -0.2) is 16.1 Å². The zero-order chi connectivity index (χ0) is 13.1. The minimum absolute atomic E-state index is 0.447. The lowest BCUT2D eigenvalue weighted by Gasteiger charge is -2.11. The zero-order valence-corrected chi connectivity index (χ0v) is 11.2. The lowest BCUT2D eigenvalue weighted by Crippen LogP contribution is -2.14. The Hall–Kier alpha value is -1.68. The van der Waals surface area contributed by atoms with Crippen LogP contribution in [0.15, 0.2) is 29.6 Å². The molecular weight excluding hydrogens is 246 g/mol. The molecule has 94 valence electrons. The van der Waals surface area contributed by atoms with Crippen molar-refractivity contribution in [2.45, 2.75) is 26.2 Å². The molecule has 1 heterocycles. The molecule has 4 heteroatoms. The van der Waals surface area contributed by atoms with Gasteiger partial charge in [-0.3, -0.25) is 4.79 Å². The summed E-state index contributed by atoms with van der Waals surface area (Å²) in [5.41, 5.74) is 2.82. The highest BCUT2D eigenvalue weighted by molar-refractivity contribution is 7.09. The van der Waals surface area contributed by atoms with Crippen molar-refractivity contribution in [2.24, 2.45) is 0 Å². The molecule has 0 fully saturated rings. The number of carboxylic acid groups (broad SMARTS) is 1. The normalized spacial score (nSPS) is 12.3. The number of carboxylic acids is 1. The van der Waals surface area contributed by atoms with Crippen molar-refractivity contribution in [3.8, 4) is 0 Å². The second-order valence-electron chi connectivity index (χ2n) is 4.36. The molecule has 0 bridgehead atoms. The summed E-state index contributed by atoms with van der Waals surface area (Å²) >= 11 is 1.55.